The molecule has 1 amide bonds. The van der Waals surface area contributed by atoms with Crippen molar-refractivity contribution in [2.45, 2.75) is 13.5 Å². The van der Waals surface area contributed by atoms with Crippen molar-refractivity contribution in [3.63, 3.8) is 0 Å². The van der Waals surface area contributed by atoms with E-state index in [1.807, 2.05) is 0 Å². The predicted molar refractivity (Wildman–Crippen MR) is 114 cm³/mol. The molecule has 0 saturated heterocycles. The molecule has 0 bridgehead atoms. The summed E-state index contributed by atoms with van der Waals surface area (Å²) in [5, 5.41) is 3.08. The van der Waals surface area contributed by atoms with Crippen molar-refractivity contribution in [3.8, 4) is 0 Å². The molecule has 2 aromatic rings. The van der Waals surface area contributed by atoms with E-state index in [9.17, 15) is 17.6 Å². The van der Waals surface area contributed by atoms with E-state index in [1.165, 1.54) is 25.2 Å². The standard InChI is InChI=1S/C18H19Cl3FN3O3S/c1-3-25(11-17(26)23-18-14(20)7-4-8-15(18)21)29(27,28)24(2)10-12-13(19)6-5-9-16(12)22/h4-9H,3,10-11H2,1-2H3,(H,23,26). The molecule has 29 heavy (non-hydrogen) atoms. The SMILES string of the molecule is CCN(CC(=O)Nc1c(Cl)cccc1Cl)S(=O)(=O)N(C)Cc1c(F)cccc1Cl. The summed E-state index contributed by atoms with van der Waals surface area (Å²) >= 11 is 18.0. The second-order valence-electron chi connectivity index (χ2n) is 6.04. The molecule has 0 radical (unpaired) electrons. The highest BCUT2D eigenvalue weighted by atomic mass is 35.5. The van der Waals surface area contributed by atoms with Crippen molar-refractivity contribution < 1.29 is 17.6 Å². The highest BCUT2D eigenvalue weighted by Gasteiger charge is 2.29. The van der Waals surface area contributed by atoms with E-state index in [2.05, 4.69) is 5.32 Å². The molecule has 0 atom stereocenters. The van der Waals surface area contributed by atoms with Crippen LogP contribution in [0, 0.1) is 5.82 Å². The average Bonchev–Trinajstić information content (AvgIpc) is 2.65. The molecular weight excluding hydrogens is 464 g/mol. The van der Waals surface area contributed by atoms with Gasteiger partial charge < -0.3 is 5.32 Å². The lowest BCUT2D eigenvalue weighted by atomic mass is 10.2. The molecular formula is C18H19Cl3FN3O3S. The van der Waals surface area contributed by atoms with Gasteiger partial charge in [-0.05, 0) is 24.3 Å². The zero-order valence-electron chi connectivity index (χ0n) is 15.6. The molecule has 0 aliphatic rings. The molecule has 11 heteroatoms. The molecule has 0 fully saturated rings. The van der Waals surface area contributed by atoms with Gasteiger partial charge in [0.2, 0.25) is 5.91 Å². The van der Waals surface area contributed by atoms with Crippen molar-refractivity contribution >= 4 is 56.6 Å². The second kappa shape index (κ2) is 10.1. The molecule has 0 unspecified atom stereocenters. The number of nitrogens with one attached hydrogen (secondary N) is 1. The Bertz CT molecular complexity index is 965. The first-order chi connectivity index (χ1) is 13.6. The van der Waals surface area contributed by atoms with Crippen molar-refractivity contribution in [3.05, 3.63) is 62.8 Å². The highest BCUT2D eigenvalue weighted by molar-refractivity contribution is 7.86. The zero-order chi connectivity index (χ0) is 21.8. The van der Waals surface area contributed by atoms with Gasteiger partial charge in [0.1, 0.15) is 5.82 Å². The van der Waals surface area contributed by atoms with E-state index in [1.54, 1.807) is 25.1 Å². The number of carbonyl (C=O) groups excluding carboxylic acids is 1. The van der Waals surface area contributed by atoms with Gasteiger partial charge >= 0.3 is 0 Å². The first-order valence-electron chi connectivity index (χ1n) is 8.46. The van der Waals surface area contributed by atoms with E-state index in [-0.39, 0.29) is 39.4 Å². The van der Waals surface area contributed by atoms with Gasteiger partial charge in [0.05, 0.1) is 22.3 Å². The summed E-state index contributed by atoms with van der Waals surface area (Å²) in [6, 6.07) is 8.80. The topological polar surface area (TPSA) is 69.7 Å². The first-order valence-corrected chi connectivity index (χ1v) is 11.0. The van der Waals surface area contributed by atoms with Gasteiger partial charge in [-0.3, -0.25) is 4.79 Å². The number of hydrogen-bond donors (Lipinski definition) is 1. The van der Waals surface area contributed by atoms with Crippen molar-refractivity contribution in [1.29, 1.82) is 0 Å². The van der Waals surface area contributed by atoms with Gasteiger partial charge in [-0.25, -0.2) is 4.39 Å². The van der Waals surface area contributed by atoms with E-state index < -0.39 is 28.5 Å². The number of likely N-dealkylation sites (N-methyl/N-ethyl adjacent to an activating group) is 1. The summed E-state index contributed by atoms with van der Waals surface area (Å²) in [5.41, 5.74) is 0.240. The van der Waals surface area contributed by atoms with Crippen LogP contribution in [0.2, 0.25) is 15.1 Å². The third kappa shape index (κ3) is 5.81. The number of hydrogen-bond acceptors (Lipinski definition) is 3. The van der Waals surface area contributed by atoms with E-state index in [4.69, 9.17) is 34.8 Å². The van der Waals surface area contributed by atoms with Gasteiger partial charge in [0.25, 0.3) is 10.2 Å². The van der Waals surface area contributed by atoms with Gasteiger partial charge in [-0.2, -0.15) is 17.0 Å². The smallest absolute Gasteiger partial charge is 0.282 e. The first kappa shape index (κ1) is 23.9. The number of rotatable bonds is 8. The molecule has 158 valence electrons. The maximum atomic E-state index is 14.0. The monoisotopic (exact) mass is 481 g/mol. The molecule has 1 N–H and O–H groups in total. The minimum Gasteiger partial charge on any atom is -0.322 e. The van der Waals surface area contributed by atoms with Gasteiger partial charge in [-0.15, -0.1) is 0 Å². The van der Waals surface area contributed by atoms with Crippen LogP contribution in [0.15, 0.2) is 36.4 Å². The van der Waals surface area contributed by atoms with Crippen molar-refractivity contribution in [2.75, 3.05) is 25.5 Å². The molecule has 2 rings (SSSR count). The van der Waals surface area contributed by atoms with E-state index in [0.717, 1.165) is 8.61 Å². The maximum Gasteiger partial charge on any atom is 0.282 e. The predicted octanol–water partition coefficient (Wildman–Crippen LogP) is 4.42. The lowest BCUT2D eigenvalue weighted by Crippen LogP contribution is -2.45. The molecule has 0 aromatic heterocycles. The Labute approximate surface area is 184 Å². The molecule has 2 aromatic carbocycles. The number of para-hydroxylation sites is 1. The van der Waals surface area contributed by atoms with Crippen molar-refractivity contribution in [1.82, 2.24) is 8.61 Å². The fourth-order valence-electron chi connectivity index (χ4n) is 2.50. The van der Waals surface area contributed by atoms with Crippen LogP contribution in [0.4, 0.5) is 10.1 Å². The van der Waals surface area contributed by atoms with Gasteiger partial charge in [-0.1, -0.05) is 53.9 Å². The molecule has 0 saturated carbocycles. The summed E-state index contributed by atoms with van der Waals surface area (Å²) in [6.07, 6.45) is 0. The highest BCUT2D eigenvalue weighted by Crippen LogP contribution is 2.29. The largest absolute Gasteiger partial charge is 0.322 e. The van der Waals surface area contributed by atoms with Crippen LogP contribution in [0.5, 0.6) is 0 Å². The molecule has 0 aliphatic carbocycles. The van der Waals surface area contributed by atoms with Crippen LogP contribution < -0.4 is 5.32 Å². The number of anilines is 1. The summed E-state index contributed by atoms with van der Waals surface area (Å²) in [7, 11) is -2.79. The van der Waals surface area contributed by atoms with E-state index >= 15 is 0 Å². The lowest BCUT2D eigenvalue weighted by molar-refractivity contribution is -0.116. The summed E-state index contributed by atoms with van der Waals surface area (Å²) in [5.74, 6) is -1.24. The second-order valence-corrected chi connectivity index (χ2v) is 9.29. The number of nitrogens with zero attached hydrogens (tertiary/aromatic N) is 2. The normalized spacial score (nSPS) is 11.9. The summed E-state index contributed by atoms with van der Waals surface area (Å²) in [6.45, 7) is 0.830. The Hall–Kier alpha value is -1.42. The van der Waals surface area contributed by atoms with Crippen LogP contribution >= 0.6 is 34.8 Å². The molecule has 0 spiro atoms. The van der Waals surface area contributed by atoms with Crippen LogP contribution in [-0.2, 0) is 21.5 Å². The van der Waals surface area contributed by atoms with Gasteiger partial charge in [0, 0.05) is 30.7 Å². The third-order valence-corrected chi connectivity index (χ3v) is 7.00. The number of carbonyl (C=O) groups is 1. The number of halogens is 4. The Morgan fingerprint density at radius 3 is 2.17 bits per heavy atom. The minimum absolute atomic E-state index is 0.0152. The number of amides is 1. The van der Waals surface area contributed by atoms with Gasteiger partial charge in [0.15, 0.2) is 0 Å². The van der Waals surface area contributed by atoms with Crippen molar-refractivity contribution in [2.24, 2.45) is 0 Å². The fourth-order valence-corrected chi connectivity index (χ4v) is 4.51. The fraction of sp³-hybridized carbons (Fsp3) is 0.278. The van der Waals surface area contributed by atoms with Crippen LogP contribution in [0.1, 0.15) is 12.5 Å². The number of benzene rings is 2. The maximum absolute atomic E-state index is 14.0. The molecule has 0 aliphatic heterocycles. The zero-order valence-corrected chi connectivity index (χ0v) is 18.7. The average molecular weight is 483 g/mol. The van der Waals surface area contributed by atoms with E-state index in [0.29, 0.717) is 0 Å². The summed E-state index contributed by atoms with van der Waals surface area (Å²) < 4.78 is 41.6. The Kier molecular flexibility index (Phi) is 8.28. The Balaban J connectivity index is 2.15. The molecule has 6 nitrogen and oxygen atoms in total. The Morgan fingerprint density at radius 2 is 1.62 bits per heavy atom. The minimum atomic E-state index is -4.08. The quantitative estimate of drug-likeness (QED) is 0.605. The third-order valence-electron chi connectivity index (χ3n) is 4.06. The molecule has 0 heterocycles. The lowest BCUT2D eigenvalue weighted by Gasteiger charge is -2.26. The van der Waals surface area contributed by atoms with Crippen LogP contribution in [0.3, 0.4) is 0 Å². The van der Waals surface area contributed by atoms with Crippen LogP contribution in [-0.4, -0.2) is 43.1 Å². The van der Waals surface area contributed by atoms with Crippen LogP contribution in [0.25, 0.3) is 0 Å². The Morgan fingerprint density at radius 1 is 1.07 bits per heavy atom. The summed E-state index contributed by atoms with van der Waals surface area (Å²) in [4.78, 5) is 12.4.